The lowest BCUT2D eigenvalue weighted by atomic mass is 10.1. The van der Waals surface area contributed by atoms with Crippen LogP contribution in [0, 0.1) is 0 Å². The summed E-state index contributed by atoms with van der Waals surface area (Å²) in [6.45, 7) is -1.47. The number of halogens is 3. The van der Waals surface area contributed by atoms with Gasteiger partial charge in [-0.3, -0.25) is 4.90 Å². The van der Waals surface area contributed by atoms with E-state index < -0.39 is 12.7 Å². The molecule has 21 heavy (non-hydrogen) atoms. The number of nitrogens with two attached hydrogens (primary N) is 1. The molecule has 0 saturated carbocycles. The zero-order valence-corrected chi connectivity index (χ0v) is 12.3. The minimum atomic E-state index is -4.32. The van der Waals surface area contributed by atoms with E-state index in [9.17, 15) is 13.2 Å². The summed E-state index contributed by atoms with van der Waals surface area (Å²) in [5.74, 6) is 0.413. The summed E-state index contributed by atoms with van der Waals surface area (Å²) in [5, 5.41) is 8.86. The number of alkyl halides is 3. The number of nitrogens with zero attached hydrogens (tertiary/aromatic N) is 1. The standard InChI is InChI=1S/C13H17F3N2O2S/c1-20-11-6-9(2-3-10(11)12(17)21)7-18(4-5-19)8-13(14,15)16/h2-3,6,19H,4-5,7-8H2,1H3,(H2,17,21). The van der Waals surface area contributed by atoms with Crippen molar-refractivity contribution in [3.63, 3.8) is 0 Å². The Balaban J connectivity index is 2.91. The molecule has 0 aliphatic heterocycles. The van der Waals surface area contributed by atoms with Gasteiger partial charge in [-0.25, -0.2) is 0 Å². The molecule has 0 aliphatic carbocycles. The summed E-state index contributed by atoms with van der Waals surface area (Å²) >= 11 is 4.87. The maximum absolute atomic E-state index is 12.5. The van der Waals surface area contributed by atoms with Crippen LogP contribution >= 0.6 is 12.2 Å². The van der Waals surface area contributed by atoms with Gasteiger partial charge in [-0.15, -0.1) is 0 Å². The van der Waals surface area contributed by atoms with Gasteiger partial charge in [0.25, 0.3) is 0 Å². The van der Waals surface area contributed by atoms with Gasteiger partial charge in [-0.05, 0) is 17.7 Å². The third-order valence-electron chi connectivity index (χ3n) is 2.76. The minimum absolute atomic E-state index is 0.0358. The summed E-state index contributed by atoms with van der Waals surface area (Å²) in [6, 6.07) is 4.84. The van der Waals surface area contributed by atoms with E-state index in [4.69, 9.17) is 27.8 Å². The molecule has 0 fully saturated rings. The Hall–Kier alpha value is -1.38. The Bertz CT molecular complexity index is 495. The molecule has 3 N–H and O–H groups in total. The highest BCUT2D eigenvalue weighted by atomic mass is 32.1. The average Bonchev–Trinajstić information content (AvgIpc) is 2.36. The van der Waals surface area contributed by atoms with E-state index in [2.05, 4.69) is 0 Å². The summed E-state index contributed by atoms with van der Waals surface area (Å²) in [4.78, 5) is 1.26. The largest absolute Gasteiger partial charge is 0.496 e. The molecule has 8 heteroatoms. The highest BCUT2D eigenvalue weighted by molar-refractivity contribution is 7.80. The first-order chi connectivity index (χ1) is 9.76. The first kappa shape index (κ1) is 17.7. The molecule has 0 radical (unpaired) electrons. The van der Waals surface area contributed by atoms with Crippen molar-refractivity contribution in [3.8, 4) is 5.75 Å². The monoisotopic (exact) mass is 322 g/mol. The van der Waals surface area contributed by atoms with Crippen LogP contribution in [0.15, 0.2) is 18.2 Å². The fourth-order valence-electron chi connectivity index (χ4n) is 1.90. The summed E-state index contributed by atoms with van der Waals surface area (Å²) < 4.78 is 42.5. The number of thiocarbonyl (C=S) groups is 1. The van der Waals surface area contributed by atoms with Crippen molar-refractivity contribution in [3.05, 3.63) is 29.3 Å². The van der Waals surface area contributed by atoms with E-state index in [1.807, 2.05) is 0 Å². The smallest absolute Gasteiger partial charge is 0.401 e. The summed E-state index contributed by atoms with van der Waals surface area (Å²) in [7, 11) is 1.43. The minimum Gasteiger partial charge on any atom is -0.496 e. The molecule has 0 aliphatic rings. The van der Waals surface area contributed by atoms with Crippen LogP contribution in [0.5, 0.6) is 5.75 Å². The maximum Gasteiger partial charge on any atom is 0.401 e. The van der Waals surface area contributed by atoms with Gasteiger partial charge in [0, 0.05) is 13.1 Å². The van der Waals surface area contributed by atoms with E-state index in [0.29, 0.717) is 16.9 Å². The fraction of sp³-hybridized carbons (Fsp3) is 0.462. The lowest BCUT2D eigenvalue weighted by molar-refractivity contribution is -0.147. The Morgan fingerprint density at radius 1 is 1.43 bits per heavy atom. The number of aliphatic hydroxyl groups excluding tert-OH is 1. The molecule has 0 aromatic heterocycles. The van der Waals surface area contributed by atoms with Crippen LogP contribution in [-0.2, 0) is 6.54 Å². The van der Waals surface area contributed by atoms with E-state index in [1.54, 1.807) is 18.2 Å². The molecule has 0 heterocycles. The number of aliphatic hydroxyl groups is 1. The molecule has 0 atom stereocenters. The van der Waals surface area contributed by atoms with Crippen LogP contribution in [0.1, 0.15) is 11.1 Å². The molecule has 4 nitrogen and oxygen atoms in total. The first-order valence-electron chi connectivity index (χ1n) is 6.13. The molecule has 0 amide bonds. The van der Waals surface area contributed by atoms with Gasteiger partial charge in [-0.1, -0.05) is 18.3 Å². The number of methoxy groups -OCH3 is 1. The summed E-state index contributed by atoms with van der Waals surface area (Å²) in [5.41, 5.74) is 6.68. The van der Waals surface area contributed by atoms with Crippen molar-refractivity contribution < 1.29 is 23.0 Å². The zero-order valence-electron chi connectivity index (χ0n) is 11.5. The third-order valence-corrected chi connectivity index (χ3v) is 2.98. The van der Waals surface area contributed by atoms with Crippen LogP contribution in [0.25, 0.3) is 0 Å². The highest BCUT2D eigenvalue weighted by Crippen LogP contribution is 2.23. The van der Waals surface area contributed by atoms with Gasteiger partial charge < -0.3 is 15.6 Å². The lowest BCUT2D eigenvalue weighted by Gasteiger charge is -2.23. The van der Waals surface area contributed by atoms with Crippen molar-refractivity contribution in [1.82, 2.24) is 4.90 Å². The van der Waals surface area contributed by atoms with Gasteiger partial charge in [0.05, 0.1) is 25.8 Å². The Morgan fingerprint density at radius 2 is 2.10 bits per heavy atom. The van der Waals surface area contributed by atoms with E-state index in [0.717, 1.165) is 4.90 Å². The third kappa shape index (κ3) is 5.86. The van der Waals surface area contributed by atoms with Crippen LogP contribution in [-0.4, -0.2) is 48.0 Å². The predicted molar refractivity (Wildman–Crippen MR) is 77.3 cm³/mol. The maximum atomic E-state index is 12.5. The molecule has 0 spiro atoms. The average molecular weight is 322 g/mol. The lowest BCUT2D eigenvalue weighted by Crippen LogP contribution is -2.35. The number of hydrogen-bond acceptors (Lipinski definition) is 4. The van der Waals surface area contributed by atoms with Crippen LogP contribution in [0.3, 0.4) is 0 Å². The molecule has 1 rings (SSSR count). The van der Waals surface area contributed by atoms with Gasteiger partial charge >= 0.3 is 6.18 Å². The Labute approximate surface area is 126 Å². The molecular weight excluding hydrogens is 305 g/mol. The second kappa shape index (κ2) is 7.58. The van der Waals surface area contributed by atoms with Crippen LogP contribution < -0.4 is 10.5 Å². The normalized spacial score (nSPS) is 11.7. The van der Waals surface area contributed by atoms with Crippen LogP contribution in [0.4, 0.5) is 13.2 Å². The molecule has 0 saturated heterocycles. The first-order valence-corrected chi connectivity index (χ1v) is 6.54. The predicted octanol–water partition coefficient (Wildman–Crippen LogP) is 1.69. The van der Waals surface area contributed by atoms with Crippen molar-refractivity contribution in [2.24, 2.45) is 5.73 Å². The number of benzene rings is 1. The second-order valence-electron chi connectivity index (χ2n) is 4.45. The second-order valence-corrected chi connectivity index (χ2v) is 4.89. The van der Waals surface area contributed by atoms with E-state index >= 15 is 0 Å². The summed E-state index contributed by atoms with van der Waals surface area (Å²) in [6.07, 6.45) is -4.32. The van der Waals surface area contributed by atoms with Gasteiger partial charge in [-0.2, -0.15) is 13.2 Å². The molecule has 1 aromatic rings. The quantitative estimate of drug-likeness (QED) is 0.748. The SMILES string of the molecule is COc1cc(CN(CCO)CC(F)(F)F)ccc1C(N)=S. The molecular formula is C13H17F3N2O2S. The van der Waals surface area contributed by atoms with E-state index in [1.165, 1.54) is 7.11 Å². The number of ether oxygens (including phenoxy) is 1. The fourth-order valence-corrected chi connectivity index (χ4v) is 2.07. The van der Waals surface area contributed by atoms with Crippen molar-refractivity contribution >= 4 is 17.2 Å². The van der Waals surface area contributed by atoms with E-state index in [-0.39, 0.29) is 24.7 Å². The van der Waals surface area contributed by atoms with Gasteiger partial charge in [0.15, 0.2) is 0 Å². The molecule has 118 valence electrons. The van der Waals surface area contributed by atoms with Gasteiger partial charge in [0.1, 0.15) is 10.7 Å². The number of rotatable bonds is 7. The van der Waals surface area contributed by atoms with Crippen LogP contribution in [0.2, 0.25) is 0 Å². The number of hydrogen-bond donors (Lipinski definition) is 2. The Kier molecular flexibility index (Phi) is 6.38. The Morgan fingerprint density at radius 3 is 2.57 bits per heavy atom. The van der Waals surface area contributed by atoms with Crippen molar-refractivity contribution in [2.75, 3.05) is 26.8 Å². The zero-order chi connectivity index (χ0) is 16.0. The highest BCUT2D eigenvalue weighted by Gasteiger charge is 2.30. The molecule has 0 unspecified atom stereocenters. The topological polar surface area (TPSA) is 58.7 Å². The molecule has 1 aromatic carbocycles. The van der Waals surface area contributed by atoms with Gasteiger partial charge in [0.2, 0.25) is 0 Å². The molecule has 0 bridgehead atoms. The van der Waals surface area contributed by atoms with Crippen molar-refractivity contribution in [1.29, 1.82) is 0 Å². The van der Waals surface area contributed by atoms with Crippen molar-refractivity contribution in [2.45, 2.75) is 12.7 Å².